The molecule has 180 valence electrons. The van der Waals surface area contributed by atoms with Crippen molar-refractivity contribution in [3.05, 3.63) is 45.7 Å². The molecular weight excluding hydrogens is 512 g/mol. The van der Waals surface area contributed by atoms with E-state index in [0.29, 0.717) is 5.56 Å². The first-order valence-electron chi connectivity index (χ1n) is 10.5. The molecule has 3 aliphatic rings. The van der Waals surface area contributed by atoms with E-state index in [0.717, 1.165) is 0 Å². The zero-order chi connectivity index (χ0) is 25.3. The van der Waals surface area contributed by atoms with Crippen molar-refractivity contribution in [3.8, 4) is 5.75 Å². The van der Waals surface area contributed by atoms with Crippen LogP contribution in [0.2, 0.25) is 0 Å². The van der Waals surface area contributed by atoms with E-state index in [2.05, 4.69) is 15.9 Å². The smallest absolute Gasteiger partial charge is 0.255 e. The SMILES string of the molecule is CN(C)[C@@H]1C(=O)C(C(N)=O)=C(O)[C@@]2(O)C(=O)C3=C(O)c4c(O)ccc(C(=O)CBr)c4C[C@H]3C[C@@H]12. The Morgan fingerprint density at radius 3 is 2.41 bits per heavy atom. The van der Waals surface area contributed by atoms with Crippen molar-refractivity contribution < 1.29 is 39.6 Å². The van der Waals surface area contributed by atoms with Crippen LogP contribution in [0.15, 0.2) is 29.0 Å². The monoisotopic (exact) mass is 534 g/mol. The normalized spacial score (nSPS) is 28.6. The first-order chi connectivity index (χ1) is 15.9. The standard InChI is InChI=1S/C23H23BrN2O8/c1-26(2)17-11-6-8-5-10-9(13(28)7-24)3-4-12(27)15(10)18(29)14(8)20(31)23(11,34)21(32)16(19(17)30)22(25)33/h3-4,8,11,17,27,29,32,34H,5-7H2,1-2H3,(H2,25,33)/t8-,11-,17-,23-/m0/s1. The van der Waals surface area contributed by atoms with Crippen molar-refractivity contribution in [2.45, 2.75) is 24.5 Å². The molecule has 0 radical (unpaired) electrons. The van der Waals surface area contributed by atoms with E-state index < -0.39 is 58.0 Å². The van der Waals surface area contributed by atoms with Crippen LogP contribution < -0.4 is 5.73 Å². The Kier molecular flexibility index (Phi) is 5.70. The van der Waals surface area contributed by atoms with E-state index in [1.807, 2.05) is 0 Å². The molecule has 34 heavy (non-hydrogen) atoms. The first kappa shape index (κ1) is 24.1. The number of aliphatic hydroxyl groups is 3. The van der Waals surface area contributed by atoms with Gasteiger partial charge in [-0.1, -0.05) is 15.9 Å². The molecule has 0 heterocycles. The van der Waals surface area contributed by atoms with Crippen LogP contribution in [0, 0.1) is 11.8 Å². The highest BCUT2D eigenvalue weighted by Crippen LogP contribution is 2.52. The second kappa shape index (κ2) is 8.03. The molecule has 0 aliphatic heterocycles. The Hall–Kier alpha value is -3.02. The third-order valence-corrected chi connectivity index (χ3v) is 7.54. The molecule has 0 saturated heterocycles. The summed E-state index contributed by atoms with van der Waals surface area (Å²) in [6.07, 6.45) is 0.0281. The molecule has 4 rings (SSSR count). The number of phenols is 1. The van der Waals surface area contributed by atoms with Crippen molar-refractivity contribution in [1.29, 1.82) is 0 Å². The van der Waals surface area contributed by atoms with Gasteiger partial charge in [0.15, 0.2) is 17.2 Å². The summed E-state index contributed by atoms with van der Waals surface area (Å²) in [5.41, 5.74) is 1.96. The van der Waals surface area contributed by atoms with Crippen LogP contribution in [0.1, 0.15) is 27.9 Å². The molecule has 11 heteroatoms. The van der Waals surface area contributed by atoms with Gasteiger partial charge in [0.2, 0.25) is 5.78 Å². The zero-order valence-corrected chi connectivity index (χ0v) is 19.9. The minimum absolute atomic E-state index is 0.000706. The molecule has 3 aliphatic carbocycles. The number of primary amides is 1. The number of nitrogens with two attached hydrogens (primary N) is 1. The van der Waals surface area contributed by atoms with Crippen molar-refractivity contribution in [3.63, 3.8) is 0 Å². The number of nitrogens with zero attached hydrogens (tertiary/aromatic N) is 1. The van der Waals surface area contributed by atoms with Crippen LogP contribution in [-0.4, -0.2) is 79.7 Å². The minimum atomic E-state index is -2.69. The van der Waals surface area contributed by atoms with Crippen molar-refractivity contribution in [1.82, 2.24) is 4.90 Å². The Balaban J connectivity index is 1.99. The highest BCUT2D eigenvalue weighted by molar-refractivity contribution is 9.09. The second-order valence-electron chi connectivity index (χ2n) is 9.00. The van der Waals surface area contributed by atoms with Crippen LogP contribution in [0.5, 0.6) is 5.75 Å². The number of halogens is 1. The summed E-state index contributed by atoms with van der Waals surface area (Å²) in [7, 11) is 3.05. The van der Waals surface area contributed by atoms with Crippen molar-refractivity contribution in [2.24, 2.45) is 17.6 Å². The molecule has 0 aromatic heterocycles. The fourth-order valence-electron chi connectivity index (χ4n) is 5.58. The van der Waals surface area contributed by atoms with Crippen molar-refractivity contribution in [2.75, 3.05) is 19.4 Å². The summed E-state index contributed by atoms with van der Waals surface area (Å²) < 4.78 is 0. The average Bonchev–Trinajstić information content (AvgIpc) is 2.75. The molecule has 0 unspecified atom stereocenters. The quantitative estimate of drug-likeness (QED) is 0.209. The molecule has 1 saturated carbocycles. The lowest BCUT2D eigenvalue weighted by atomic mass is 9.57. The second-order valence-corrected chi connectivity index (χ2v) is 9.56. The average molecular weight is 535 g/mol. The number of hydrogen-bond donors (Lipinski definition) is 5. The number of Topliss-reactive ketones (excluding diaryl/α,β-unsaturated/α-hetero) is 3. The Bertz CT molecular complexity index is 1230. The molecule has 10 nitrogen and oxygen atoms in total. The fraction of sp³-hybridized carbons (Fsp3) is 0.391. The summed E-state index contributed by atoms with van der Waals surface area (Å²) in [5.74, 6) is -7.54. The summed E-state index contributed by atoms with van der Waals surface area (Å²) in [5, 5.41) is 43.8. The van der Waals surface area contributed by atoms with Crippen LogP contribution in [0.4, 0.5) is 0 Å². The maximum Gasteiger partial charge on any atom is 0.255 e. The number of aliphatic hydroxyl groups excluding tert-OH is 2. The number of hydrogen-bond acceptors (Lipinski definition) is 9. The van der Waals surface area contributed by atoms with Gasteiger partial charge in [0.05, 0.1) is 16.9 Å². The molecule has 1 amide bonds. The predicted octanol–water partition coefficient (Wildman–Crippen LogP) is 0.542. The number of ketones is 3. The summed E-state index contributed by atoms with van der Waals surface area (Å²) in [6, 6.07) is 1.49. The van der Waals surface area contributed by atoms with Gasteiger partial charge in [0.25, 0.3) is 5.91 Å². The number of carbonyl (C=O) groups excluding carboxylic acids is 4. The van der Waals surface area contributed by atoms with E-state index in [-0.39, 0.29) is 46.4 Å². The Morgan fingerprint density at radius 1 is 1.21 bits per heavy atom. The van der Waals surface area contributed by atoms with Gasteiger partial charge in [-0.2, -0.15) is 0 Å². The minimum Gasteiger partial charge on any atom is -0.508 e. The number of rotatable bonds is 4. The van der Waals surface area contributed by atoms with Crippen molar-refractivity contribution >= 4 is 44.9 Å². The number of alkyl halides is 1. The van der Waals surface area contributed by atoms with Gasteiger partial charge in [-0.05, 0) is 50.6 Å². The lowest BCUT2D eigenvalue weighted by molar-refractivity contribution is -0.153. The number of phenolic OH excluding ortho intramolecular Hbond substituents is 1. The summed E-state index contributed by atoms with van der Waals surface area (Å²) >= 11 is 3.11. The molecule has 0 spiro atoms. The van der Waals surface area contributed by atoms with Gasteiger partial charge < -0.3 is 26.2 Å². The first-order valence-corrected chi connectivity index (χ1v) is 11.6. The van der Waals surface area contributed by atoms with E-state index in [9.17, 15) is 39.6 Å². The molecule has 0 bridgehead atoms. The van der Waals surface area contributed by atoms with E-state index in [1.165, 1.54) is 31.1 Å². The van der Waals surface area contributed by atoms with Crippen LogP contribution >= 0.6 is 15.9 Å². The third-order valence-electron chi connectivity index (χ3n) is 7.03. The molecule has 1 aromatic carbocycles. The van der Waals surface area contributed by atoms with E-state index in [4.69, 9.17) is 5.73 Å². The fourth-order valence-corrected chi connectivity index (χ4v) is 5.88. The number of fused-ring (bicyclic) bond motifs is 3. The van der Waals surface area contributed by atoms with Gasteiger partial charge in [0, 0.05) is 17.1 Å². The predicted molar refractivity (Wildman–Crippen MR) is 122 cm³/mol. The summed E-state index contributed by atoms with van der Waals surface area (Å²) in [4.78, 5) is 52.6. The zero-order valence-electron chi connectivity index (χ0n) is 18.3. The number of amides is 1. The third kappa shape index (κ3) is 3.07. The largest absolute Gasteiger partial charge is 0.508 e. The van der Waals surface area contributed by atoms with Gasteiger partial charge in [-0.3, -0.25) is 24.1 Å². The van der Waals surface area contributed by atoms with E-state index >= 15 is 0 Å². The lowest BCUT2D eigenvalue weighted by Gasteiger charge is -2.50. The molecule has 1 fully saturated rings. The van der Waals surface area contributed by atoms with Gasteiger partial charge >= 0.3 is 0 Å². The van der Waals surface area contributed by atoms with Crippen LogP contribution in [0.25, 0.3) is 5.76 Å². The molecule has 1 aromatic rings. The topological polar surface area (TPSA) is 178 Å². The molecular formula is C23H23BrN2O8. The summed E-state index contributed by atoms with van der Waals surface area (Å²) in [6.45, 7) is 0. The molecule has 6 N–H and O–H groups in total. The van der Waals surface area contributed by atoms with Crippen LogP contribution in [-0.2, 0) is 20.8 Å². The maximum absolute atomic E-state index is 13.7. The lowest BCUT2D eigenvalue weighted by Crippen LogP contribution is -2.65. The highest BCUT2D eigenvalue weighted by Gasteiger charge is 2.64. The number of likely N-dealkylation sites (N-methyl/N-ethyl adjacent to an activating group) is 1. The van der Waals surface area contributed by atoms with Gasteiger partial charge in [-0.15, -0.1) is 0 Å². The Labute approximate surface area is 202 Å². The molecule has 4 atom stereocenters. The van der Waals surface area contributed by atoms with Crippen LogP contribution in [0.3, 0.4) is 0 Å². The maximum atomic E-state index is 13.7. The van der Waals surface area contributed by atoms with Gasteiger partial charge in [0.1, 0.15) is 22.8 Å². The number of carbonyl (C=O) groups is 4. The Morgan fingerprint density at radius 2 is 1.85 bits per heavy atom. The van der Waals surface area contributed by atoms with E-state index in [1.54, 1.807) is 0 Å². The number of aromatic hydroxyl groups is 1. The highest BCUT2D eigenvalue weighted by atomic mass is 79.9. The van der Waals surface area contributed by atoms with Gasteiger partial charge in [-0.25, -0.2) is 0 Å². The number of benzene rings is 1.